The predicted molar refractivity (Wildman–Crippen MR) is 45.2 cm³/mol. The van der Waals surface area contributed by atoms with Crippen LogP contribution >= 0.6 is 0 Å². The third-order valence-corrected chi connectivity index (χ3v) is 1.19. The topological polar surface area (TPSA) is 75.6 Å². The molecule has 0 heterocycles. The zero-order chi connectivity index (χ0) is 10.6. The SMILES string of the molecule is C[C@H](NO)C(=O)C(=O)OC(C)(C)C. The molecule has 5 nitrogen and oxygen atoms in total. The Morgan fingerprint density at radius 1 is 1.38 bits per heavy atom. The molecule has 0 aromatic heterocycles. The fourth-order valence-electron chi connectivity index (χ4n) is 0.564. The summed E-state index contributed by atoms with van der Waals surface area (Å²) < 4.78 is 4.78. The minimum absolute atomic E-state index is 0.693. The normalized spacial score (nSPS) is 13.6. The van der Waals surface area contributed by atoms with Crippen molar-refractivity contribution in [1.82, 2.24) is 5.48 Å². The van der Waals surface area contributed by atoms with Gasteiger partial charge in [0.2, 0.25) is 0 Å². The molecule has 0 aromatic carbocycles. The molecule has 76 valence electrons. The van der Waals surface area contributed by atoms with Crippen LogP contribution in [0.2, 0.25) is 0 Å². The summed E-state index contributed by atoms with van der Waals surface area (Å²) in [5.74, 6) is -1.74. The second-order valence-electron chi connectivity index (χ2n) is 3.72. The predicted octanol–water partition coefficient (Wildman–Crippen LogP) is 0.264. The first-order chi connectivity index (χ1) is 5.78. The van der Waals surface area contributed by atoms with Gasteiger partial charge in [0.05, 0.1) is 6.04 Å². The highest BCUT2D eigenvalue weighted by Gasteiger charge is 2.26. The summed E-state index contributed by atoms with van der Waals surface area (Å²) in [6.07, 6.45) is 0. The van der Waals surface area contributed by atoms with Gasteiger partial charge in [-0.1, -0.05) is 0 Å². The van der Waals surface area contributed by atoms with E-state index in [2.05, 4.69) is 0 Å². The van der Waals surface area contributed by atoms with E-state index in [0.29, 0.717) is 0 Å². The minimum atomic E-state index is -0.943. The molecule has 0 amide bonds. The Kier molecular flexibility index (Phi) is 4.03. The van der Waals surface area contributed by atoms with E-state index in [9.17, 15) is 9.59 Å². The number of hydroxylamine groups is 1. The van der Waals surface area contributed by atoms with Crippen molar-refractivity contribution >= 4 is 11.8 Å². The molecule has 0 aliphatic heterocycles. The molecular formula is C8H15NO4. The number of carbonyl (C=O) groups is 2. The standard InChI is InChI=1S/C8H15NO4/c1-5(9-12)6(10)7(11)13-8(2,3)4/h5,9,12H,1-4H3/t5-/m0/s1. The van der Waals surface area contributed by atoms with Crippen LogP contribution in [0.3, 0.4) is 0 Å². The van der Waals surface area contributed by atoms with Crippen molar-refractivity contribution in [1.29, 1.82) is 0 Å². The Morgan fingerprint density at radius 3 is 2.15 bits per heavy atom. The molecule has 2 N–H and O–H groups in total. The first-order valence-corrected chi connectivity index (χ1v) is 3.94. The van der Waals surface area contributed by atoms with Crippen LogP contribution in [0, 0.1) is 0 Å². The Balaban J connectivity index is 4.21. The summed E-state index contributed by atoms with van der Waals surface area (Å²) in [6, 6.07) is -0.935. The molecular weight excluding hydrogens is 174 g/mol. The number of hydrogen-bond donors (Lipinski definition) is 2. The summed E-state index contributed by atoms with van der Waals surface area (Å²) in [6.45, 7) is 6.35. The quantitative estimate of drug-likeness (QED) is 0.378. The average molecular weight is 189 g/mol. The highest BCUT2D eigenvalue weighted by atomic mass is 16.6. The Labute approximate surface area is 77.0 Å². The fourth-order valence-corrected chi connectivity index (χ4v) is 0.564. The van der Waals surface area contributed by atoms with Gasteiger partial charge in [-0.3, -0.25) is 4.79 Å². The Bertz CT molecular complexity index is 207. The van der Waals surface area contributed by atoms with Gasteiger partial charge in [-0.15, -0.1) is 0 Å². The van der Waals surface area contributed by atoms with Crippen molar-refractivity contribution in [2.75, 3.05) is 0 Å². The van der Waals surface area contributed by atoms with E-state index in [-0.39, 0.29) is 0 Å². The van der Waals surface area contributed by atoms with Crippen LogP contribution in [0.25, 0.3) is 0 Å². The van der Waals surface area contributed by atoms with E-state index >= 15 is 0 Å². The lowest BCUT2D eigenvalue weighted by atomic mass is 10.2. The number of esters is 1. The molecule has 0 saturated carbocycles. The largest absolute Gasteiger partial charge is 0.454 e. The maximum Gasteiger partial charge on any atom is 0.376 e. The summed E-state index contributed by atoms with van der Waals surface area (Å²) >= 11 is 0. The van der Waals surface area contributed by atoms with Crippen LogP contribution < -0.4 is 5.48 Å². The second-order valence-corrected chi connectivity index (χ2v) is 3.72. The van der Waals surface area contributed by atoms with Crippen molar-refractivity contribution in [3.63, 3.8) is 0 Å². The van der Waals surface area contributed by atoms with Gasteiger partial charge in [0, 0.05) is 0 Å². The Hall–Kier alpha value is -0.940. The van der Waals surface area contributed by atoms with Crippen molar-refractivity contribution in [3.05, 3.63) is 0 Å². The number of nitrogens with one attached hydrogen (secondary N) is 1. The minimum Gasteiger partial charge on any atom is -0.454 e. The fraction of sp³-hybridized carbons (Fsp3) is 0.750. The van der Waals surface area contributed by atoms with Crippen molar-refractivity contribution < 1.29 is 19.5 Å². The number of Topliss-reactive ketones (excluding diaryl/α,β-unsaturated/α-hetero) is 1. The maximum absolute atomic E-state index is 11.1. The molecule has 0 aliphatic rings. The molecule has 0 rings (SSSR count). The summed E-state index contributed by atoms with van der Waals surface area (Å²) in [5, 5.41) is 8.37. The molecule has 0 aliphatic carbocycles. The molecule has 0 aromatic rings. The molecule has 0 radical (unpaired) electrons. The van der Waals surface area contributed by atoms with Gasteiger partial charge >= 0.3 is 5.97 Å². The van der Waals surface area contributed by atoms with Crippen molar-refractivity contribution in [2.45, 2.75) is 39.3 Å². The van der Waals surface area contributed by atoms with E-state index < -0.39 is 23.4 Å². The Morgan fingerprint density at radius 2 is 1.85 bits per heavy atom. The lowest BCUT2D eigenvalue weighted by molar-refractivity contribution is -0.164. The number of ether oxygens (including phenoxy) is 1. The third kappa shape index (κ3) is 4.59. The third-order valence-electron chi connectivity index (χ3n) is 1.19. The molecule has 1 atom stereocenters. The van der Waals surface area contributed by atoms with Crippen molar-refractivity contribution in [2.24, 2.45) is 0 Å². The molecule has 0 spiro atoms. The van der Waals surface area contributed by atoms with Crippen LogP contribution in [0.5, 0.6) is 0 Å². The van der Waals surface area contributed by atoms with Crippen LogP contribution in [0.15, 0.2) is 0 Å². The molecule has 0 fully saturated rings. The van der Waals surface area contributed by atoms with Crippen LogP contribution in [0.1, 0.15) is 27.7 Å². The first-order valence-electron chi connectivity index (χ1n) is 3.94. The molecule has 0 unspecified atom stereocenters. The highest BCUT2D eigenvalue weighted by molar-refractivity contribution is 6.35. The van der Waals surface area contributed by atoms with E-state index in [1.165, 1.54) is 6.92 Å². The maximum atomic E-state index is 11.1. The number of rotatable bonds is 3. The summed E-state index contributed by atoms with van der Waals surface area (Å²) in [7, 11) is 0. The zero-order valence-electron chi connectivity index (χ0n) is 8.25. The first kappa shape index (κ1) is 12.1. The summed E-state index contributed by atoms with van der Waals surface area (Å²) in [5.41, 5.74) is 0.988. The van der Waals surface area contributed by atoms with E-state index in [1.54, 1.807) is 26.3 Å². The number of carbonyl (C=O) groups excluding carboxylic acids is 2. The molecule has 0 saturated heterocycles. The van der Waals surface area contributed by atoms with Gasteiger partial charge in [0.1, 0.15) is 5.60 Å². The van der Waals surface area contributed by atoms with Crippen LogP contribution in [0.4, 0.5) is 0 Å². The second kappa shape index (κ2) is 4.34. The average Bonchev–Trinajstić information content (AvgIpc) is 1.98. The monoisotopic (exact) mass is 189 g/mol. The zero-order valence-corrected chi connectivity index (χ0v) is 8.25. The van der Waals surface area contributed by atoms with Crippen LogP contribution in [-0.4, -0.2) is 28.6 Å². The number of ketones is 1. The lowest BCUT2D eigenvalue weighted by Crippen LogP contribution is -2.40. The van der Waals surface area contributed by atoms with Gasteiger partial charge in [0.15, 0.2) is 0 Å². The lowest BCUT2D eigenvalue weighted by Gasteiger charge is -2.19. The summed E-state index contributed by atoms with van der Waals surface area (Å²) in [4.78, 5) is 22.1. The van der Waals surface area contributed by atoms with Gasteiger partial charge in [-0.2, -0.15) is 5.48 Å². The van der Waals surface area contributed by atoms with Gasteiger partial charge < -0.3 is 9.94 Å². The van der Waals surface area contributed by atoms with Gasteiger partial charge in [-0.25, -0.2) is 4.79 Å². The number of hydrogen-bond acceptors (Lipinski definition) is 5. The molecule has 13 heavy (non-hydrogen) atoms. The van der Waals surface area contributed by atoms with E-state index in [1.807, 2.05) is 0 Å². The van der Waals surface area contributed by atoms with Crippen molar-refractivity contribution in [3.8, 4) is 0 Å². The smallest absolute Gasteiger partial charge is 0.376 e. The highest BCUT2D eigenvalue weighted by Crippen LogP contribution is 2.07. The molecule has 5 heteroatoms. The van der Waals surface area contributed by atoms with Gasteiger partial charge in [-0.05, 0) is 27.7 Å². The van der Waals surface area contributed by atoms with Gasteiger partial charge in [0.25, 0.3) is 5.78 Å². The van der Waals surface area contributed by atoms with E-state index in [0.717, 1.165) is 0 Å². The van der Waals surface area contributed by atoms with E-state index in [4.69, 9.17) is 9.94 Å². The van der Waals surface area contributed by atoms with Crippen LogP contribution in [-0.2, 0) is 14.3 Å². The molecule has 0 bridgehead atoms.